The molecule has 0 saturated carbocycles. The number of alkyl halides is 9. The first-order valence-electron chi connectivity index (χ1n) is 42.4. The lowest BCUT2D eigenvalue weighted by atomic mass is 9.98. The van der Waals surface area contributed by atoms with E-state index in [2.05, 4.69) is 102 Å². The lowest BCUT2D eigenvalue weighted by molar-refractivity contribution is -0.405. The number of carboxylic acids is 3. The minimum Gasteiger partial charge on any atom is -0.542 e. The molecule has 0 spiro atoms. The summed E-state index contributed by atoms with van der Waals surface area (Å²) >= 11 is 0. The Balaban J connectivity index is 0.00000398. The van der Waals surface area contributed by atoms with E-state index in [-0.39, 0.29) is 80.8 Å². The van der Waals surface area contributed by atoms with Gasteiger partial charge in [0.2, 0.25) is 59.1 Å². The maximum atomic E-state index is 14.3. The number of phenolic OH excluding ortho intramolecular Hbond substituents is 1. The Morgan fingerprint density at radius 1 is 0.431 bits per heavy atom. The molecule has 14 atom stereocenters. The van der Waals surface area contributed by atoms with Crippen molar-refractivity contribution in [1.82, 2.24) is 80.0 Å². The number of anilines is 1. The van der Waals surface area contributed by atoms with E-state index in [9.17, 15) is 132 Å². The number of hydrogen-bond acceptors (Lipinski definition) is 26. The molecule has 1 aliphatic rings. The van der Waals surface area contributed by atoms with E-state index in [1.165, 1.54) is 64.3 Å². The maximum absolute atomic E-state index is 14.3. The smallest absolute Gasteiger partial charge is 0.430 e. The Kier molecular flexibility index (Phi) is 51.9. The van der Waals surface area contributed by atoms with Crippen molar-refractivity contribution in [1.29, 1.82) is 0 Å². The summed E-state index contributed by atoms with van der Waals surface area (Å²) in [5.74, 6) is -26.3. The topological polar surface area (TPSA) is 739 Å². The highest BCUT2D eigenvalue weighted by atomic mass is 19.4. The predicted molar refractivity (Wildman–Crippen MR) is 453 cm³/mol. The molecule has 0 radical (unpaired) electrons. The van der Waals surface area contributed by atoms with Gasteiger partial charge in [-0.25, -0.2) is 0 Å². The molecule has 0 unspecified atom stereocenters. The average molecular weight is 1970 g/mol. The van der Waals surface area contributed by atoms with Crippen molar-refractivity contribution in [3.8, 4) is 11.5 Å². The number of phenols is 1. The summed E-state index contributed by atoms with van der Waals surface area (Å²) < 4.78 is 100. The van der Waals surface area contributed by atoms with Crippen LogP contribution < -0.4 is 123 Å². The van der Waals surface area contributed by atoms with Gasteiger partial charge in [-0.3, -0.25) is 87.6 Å². The van der Waals surface area contributed by atoms with Gasteiger partial charge in [0, 0.05) is 44.5 Å². The number of hydrazine groups is 1. The first-order chi connectivity index (χ1) is 63.5. The summed E-state index contributed by atoms with van der Waals surface area (Å²) in [7, 11) is 1.23. The molecule has 3 aromatic carbocycles. The number of hydrogen-bond donors (Lipinski definition) is 22. The third-order valence-corrected chi connectivity index (χ3v) is 19.5. The lowest BCUT2D eigenvalue weighted by Gasteiger charge is -2.29. The zero-order valence-electron chi connectivity index (χ0n) is 76.8. The SMILES string of the molecule is COc1ccc2cc1C(=O)NNC(=O)[C@H](Cc1ccccc1)NC(=O)[C@H](CCCC[NH3+])NC(=O)[C@@H]([NH3+])CCCNC(=O)[C@H]([C@@H](C)O)NC(=O)[C@H](C(C)C)NC(=O)CNC(=O)[C@H]([C@@H](C)O)NC(=O)[C@H](C(C)C)NC(=O)[C@H](C(C)C)NC(=O)[C@H](C)NC(=O)[C@@H]([NH3+])CCCNC(=O)[C@H](C(C)C)NC(=O)[C@H](Cc1ccc(O)cc1)NC(=O)C(=O)N2.O=C([O-])C(F)(F)F.O=C([O-])C(F)(F)F.O=C([O-])C(F)(F)F. The summed E-state index contributed by atoms with van der Waals surface area (Å²) in [6, 6.07) is 1.76. The average Bonchev–Trinajstić information content (AvgIpc) is 0.825. The van der Waals surface area contributed by atoms with Gasteiger partial charge in [0.05, 0.1) is 38.0 Å². The number of halogens is 9. The monoisotopic (exact) mass is 1970 g/mol. The lowest BCUT2D eigenvalue weighted by Crippen LogP contribution is -2.69. The van der Waals surface area contributed by atoms with Crippen molar-refractivity contribution in [3.05, 3.63) is 89.5 Å². The van der Waals surface area contributed by atoms with Crippen LogP contribution in [-0.2, 0) is 99.1 Å². The number of rotatable bonds is 15. The molecule has 0 fully saturated rings. The Bertz CT molecular complexity index is 4530. The number of aliphatic hydroxyl groups excluding tert-OH is 2. The Labute approximate surface area is 779 Å². The van der Waals surface area contributed by atoms with Crippen LogP contribution in [0.4, 0.5) is 45.2 Å². The van der Waals surface area contributed by atoms with Crippen molar-refractivity contribution >= 4 is 118 Å². The Hall–Kier alpha value is -13.6. The predicted octanol–water partition coefficient (Wildman–Crippen LogP) is -8.71. The maximum Gasteiger partial charge on any atom is 0.430 e. The van der Waals surface area contributed by atoms with E-state index in [4.69, 9.17) is 34.4 Å². The molecule has 28 N–H and O–H groups in total. The third kappa shape index (κ3) is 45.1. The molecule has 0 aromatic heterocycles. The second-order valence-corrected chi connectivity index (χ2v) is 32.4. The van der Waals surface area contributed by atoms with Crippen molar-refractivity contribution in [2.45, 2.75) is 237 Å². The van der Waals surface area contributed by atoms with Crippen LogP contribution in [0.5, 0.6) is 11.5 Å². The van der Waals surface area contributed by atoms with Gasteiger partial charge in [-0.15, -0.1) is 0 Å². The van der Waals surface area contributed by atoms with Gasteiger partial charge >= 0.3 is 30.3 Å². The molecule has 1 aliphatic heterocycles. The molecule has 16 amide bonds. The summed E-state index contributed by atoms with van der Waals surface area (Å²) in [5.41, 5.74) is 16.9. The molecule has 4 rings (SSSR count). The highest BCUT2D eigenvalue weighted by molar-refractivity contribution is 6.40. The molecule has 2 bridgehead atoms. The molecule has 1 heterocycles. The van der Waals surface area contributed by atoms with Crippen LogP contribution in [0.15, 0.2) is 72.8 Å². The molecular weight excluding hydrogens is 1850 g/mol. The number of aliphatic hydroxyl groups is 2. The summed E-state index contributed by atoms with van der Waals surface area (Å²) in [6.45, 7) is 16.1. The molecule has 45 nitrogen and oxygen atoms in total. The fourth-order valence-corrected chi connectivity index (χ4v) is 11.9. The van der Waals surface area contributed by atoms with Crippen LogP contribution in [-0.4, -0.2) is 264 Å². The number of carbonyl (C=O) groups excluding carboxylic acids is 19. The van der Waals surface area contributed by atoms with Crippen LogP contribution in [0, 0.1) is 23.7 Å². The quantitative estimate of drug-likeness (QED) is 0.0382. The molecule has 54 heteroatoms. The number of amides is 16. The van der Waals surface area contributed by atoms with Crippen molar-refractivity contribution in [2.24, 2.45) is 23.7 Å². The van der Waals surface area contributed by atoms with Gasteiger partial charge < -0.3 is 141 Å². The standard InChI is InChI=1S/C77H117N19O20.3C2HF3O2/c1-38(2)57-70(108)81-32-18-22-50(79)65(103)84-42(9)63(101)90-59(40(5)6)74(112)92-60(41(7)8)75(113)94-62(44(11)98)72(110)83-37-56(100)89-58(39(3)4)73(111)93-61(43(10)97)71(109)82-33-19-23-51(80)66(104)86-52(24-16-17-31-78)67(105)87-54(34-45-20-14-13-15-21-45)69(107)96-95-64(102)49-36-47(27-30-55(49)116-12)85-76(114)77(115)88-53(68(106)91-57)35-46-25-28-48(99)29-26-46;3*3-2(4,5)1(6)7/h13-15,20-21,25-30,36,38-44,50-54,57-62,97-99H,16-19,22-24,31-35,37,78-80H2,1-12H3,(H,81,108)(H,82,109)(H,83,110)(H,84,103)(H,85,114)(H,86,104)(H,87,105)(H,88,115)(H,89,100)(H,90,101)(H,91,106)(H,92,112)(H,93,111)(H,94,113)(H,95,102)(H,96,107);3*(H,6,7)/t42-,43+,44+,50-,51-,52-,53-,54-,57-,58-,59-,60-,61-,62-;;;/m0.../s1. The van der Waals surface area contributed by atoms with Gasteiger partial charge in [0.1, 0.15) is 89.8 Å². The second kappa shape index (κ2) is 58.6. The number of ether oxygens (including phenoxy) is 1. The van der Waals surface area contributed by atoms with Crippen LogP contribution >= 0.6 is 0 Å². The Morgan fingerprint density at radius 2 is 0.810 bits per heavy atom. The fraction of sp³-hybridized carbons (Fsp3) is 0.554. The number of aliphatic carboxylic acids is 3. The van der Waals surface area contributed by atoms with Gasteiger partial charge in [-0.05, 0) is 118 Å². The van der Waals surface area contributed by atoms with Crippen molar-refractivity contribution in [2.75, 3.05) is 38.6 Å². The highest BCUT2D eigenvalue weighted by Gasteiger charge is 2.40. The number of nitrogens with one attached hydrogen (secondary N) is 16. The molecule has 0 aliphatic carbocycles. The molecule has 137 heavy (non-hydrogen) atoms. The molecule has 0 saturated heterocycles. The summed E-state index contributed by atoms with van der Waals surface area (Å²) in [6.07, 6.45) is -17.6. The molecular formula is C83H120F9N19O26. The van der Waals surface area contributed by atoms with Crippen LogP contribution in [0.25, 0.3) is 0 Å². The number of fused-ring (bicyclic) bond motifs is 2. The minimum atomic E-state index is -5.19. The number of carboxylic acid groups (broad SMARTS) is 3. The van der Waals surface area contributed by atoms with E-state index in [0.29, 0.717) is 30.5 Å². The highest BCUT2D eigenvalue weighted by Crippen LogP contribution is 2.24. The Morgan fingerprint density at radius 3 is 1.24 bits per heavy atom. The van der Waals surface area contributed by atoms with Gasteiger partial charge in [0.15, 0.2) is 12.1 Å². The van der Waals surface area contributed by atoms with Crippen molar-refractivity contribution in [3.63, 3.8) is 0 Å². The number of unbranched alkanes of at least 4 members (excludes halogenated alkanes) is 1. The number of quaternary nitrogens is 3. The minimum absolute atomic E-state index is 0.0348. The first kappa shape index (κ1) is 121. The zero-order chi connectivity index (χ0) is 105. The van der Waals surface area contributed by atoms with Crippen LogP contribution in [0.1, 0.15) is 143 Å². The molecule has 766 valence electrons. The largest absolute Gasteiger partial charge is 0.542 e. The van der Waals surface area contributed by atoms with Gasteiger partial charge in [-0.2, -0.15) is 39.5 Å². The summed E-state index contributed by atoms with van der Waals surface area (Å²) in [4.78, 5) is 248. The number of methoxy groups -OCH3 is 1. The normalized spacial score (nSPS) is 22.8. The van der Waals surface area contributed by atoms with Gasteiger partial charge in [0.25, 0.3) is 23.6 Å². The summed E-state index contributed by atoms with van der Waals surface area (Å²) in [5, 5.41) is 93.4. The van der Waals surface area contributed by atoms with E-state index >= 15 is 0 Å². The number of aromatic hydroxyl groups is 1. The van der Waals surface area contributed by atoms with E-state index in [0.717, 1.165) is 6.07 Å². The third-order valence-electron chi connectivity index (χ3n) is 19.5. The van der Waals surface area contributed by atoms with E-state index < -0.39 is 246 Å². The van der Waals surface area contributed by atoms with E-state index in [1.807, 2.05) is 0 Å². The van der Waals surface area contributed by atoms with Crippen LogP contribution in [0.2, 0.25) is 0 Å². The zero-order valence-corrected chi connectivity index (χ0v) is 76.8. The van der Waals surface area contributed by atoms with E-state index in [1.54, 1.807) is 85.7 Å². The van der Waals surface area contributed by atoms with Crippen molar-refractivity contribution < 1.29 is 183 Å². The number of carbonyl (C=O) groups is 19. The second-order valence-electron chi connectivity index (χ2n) is 32.4. The first-order valence-corrected chi connectivity index (χ1v) is 42.4. The molecule has 3 aromatic rings. The van der Waals surface area contributed by atoms with Gasteiger partial charge in [-0.1, -0.05) is 97.9 Å². The number of benzene rings is 3. The van der Waals surface area contributed by atoms with Crippen LogP contribution in [0.3, 0.4) is 0 Å². The fourth-order valence-electron chi connectivity index (χ4n) is 11.9.